The average molecular weight is 441 g/mol. The third kappa shape index (κ3) is 5.73. The zero-order valence-corrected chi connectivity index (χ0v) is 18.3. The first-order valence-corrected chi connectivity index (χ1v) is 11.7. The molecule has 1 aliphatic carbocycles. The van der Waals surface area contributed by atoms with Crippen LogP contribution in [0.15, 0.2) is 58.9 Å². The second-order valence-electron chi connectivity index (χ2n) is 7.16. The van der Waals surface area contributed by atoms with E-state index in [-0.39, 0.29) is 11.9 Å². The van der Waals surface area contributed by atoms with Gasteiger partial charge in [0.1, 0.15) is 5.75 Å². The van der Waals surface area contributed by atoms with Gasteiger partial charge in [0, 0.05) is 6.54 Å². The lowest BCUT2D eigenvalue weighted by molar-refractivity contribution is -0.119. The molecular formula is C22H24N4O2S2. The molecule has 1 unspecified atom stereocenters. The topological polar surface area (TPSA) is 76.1 Å². The van der Waals surface area contributed by atoms with E-state index in [1.54, 1.807) is 7.11 Å². The van der Waals surface area contributed by atoms with Crippen LogP contribution in [0.5, 0.6) is 5.75 Å². The molecule has 1 atom stereocenters. The molecule has 1 fully saturated rings. The van der Waals surface area contributed by atoms with Crippen LogP contribution in [0.3, 0.4) is 0 Å². The number of carbonyl (C=O) groups is 1. The number of hydrogen-bond donors (Lipinski definition) is 2. The van der Waals surface area contributed by atoms with Gasteiger partial charge in [0.15, 0.2) is 4.34 Å². The molecule has 2 aromatic carbocycles. The number of benzene rings is 2. The van der Waals surface area contributed by atoms with Gasteiger partial charge in [0.2, 0.25) is 11.0 Å². The summed E-state index contributed by atoms with van der Waals surface area (Å²) in [4.78, 5) is 12.6. The smallest absolute Gasteiger partial charge is 0.230 e. The maximum Gasteiger partial charge on any atom is 0.230 e. The van der Waals surface area contributed by atoms with Gasteiger partial charge >= 0.3 is 0 Å². The van der Waals surface area contributed by atoms with E-state index in [4.69, 9.17) is 4.74 Å². The van der Waals surface area contributed by atoms with Crippen LogP contribution in [0.25, 0.3) is 0 Å². The summed E-state index contributed by atoms with van der Waals surface area (Å²) in [6.45, 7) is 0.700. The van der Waals surface area contributed by atoms with Crippen molar-refractivity contribution in [3.8, 4) is 5.75 Å². The van der Waals surface area contributed by atoms with E-state index in [2.05, 4.69) is 33.0 Å². The van der Waals surface area contributed by atoms with Crippen molar-refractivity contribution in [2.45, 2.75) is 29.8 Å². The fourth-order valence-corrected chi connectivity index (χ4v) is 4.73. The molecule has 1 heterocycles. The van der Waals surface area contributed by atoms with Crippen molar-refractivity contribution in [3.63, 3.8) is 0 Å². The quantitative estimate of drug-likeness (QED) is 0.452. The molecular weight excluding hydrogens is 416 g/mol. The van der Waals surface area contributed by atoms with Crippen molar-refractivity contribution in [1.82, 2.24) is 15.5 Å². The first-order chi connectivity index (χ1) is 14.7. The molecule has 0 spiro atoms. The molecule has 8 heteroatoms. The summed E-state index contributed by atoms with van der Waals surface area (Å²) >= 11 is 2.89. The van der Waals surface area contributed by atoms with Crippen molar-refractivity contribution in [1.29, 1.82) is 0 Å². The zero-order chi connectivity index (χ0) is 20.8. The number of thioether (sulfide) groups is 1. The molecule has 1 aromatic heterocycles. The summed E-state index contributed by atoms with van der Waals surface area (Å²) in [6, 6.07) is 18.1. The maximum atomic E-state index is 12.6. The van der Waals surface area contributed by atoms with Gasteiger partial charge in [0.05, 0.1) is 18.9 Å². The molecule has 30 heavy (non-hydrogen) atoms. The summed E-state index contributed by atoms with van der Waals surface area (Å²) in [7, 11) is 1.66. The molecule has 6 nitrogen and oxygen atoms in total. The van der Waals surface area contributed by atoms with Crippen LogP contribution < -0.4 is 15.4 Å². The van der Waals surface area contributed by atoms with Crippen molar-refractivity contribution in [3.05, 3.63) is 65.7 Å². The fraction of sp³-hybridized carbons (Fsp3) is 0.318. The standard InChI is InChI=1S/C22H24N4O2S2/c1-28-18-11-9-17(10-12-18)20(16-7-8-16)24-19(27)14-29-22-26-25-21(30-22)23-13-15-5-3-2-4-6-15/h2-6,9-12,16,20H,7-8,13-14H2,1H3,(H,23,25)(H,24,27). The van der Waals surface area contributed by atoms with E-state index in [0.29, 0.717) is 18.2 Å². The Labute approximate surface area is 184 Å². The molecule has 0 aliphatic heterocycles. The molecule has 1 saturated carbocycles. The lowest BCUT2D eigenvalue weighted by Crippen LogP contribution is -2.31. The van der Waals surface area contributed by atoms with Crippen molar-refractivity contribution in [2.24, 2.45) is 5.92 Å². The average Bonchev–Trinajstić information content (AvgIpc) is 3.53. The molecule has 0 saturated heterocycles. The largest absolute Gasteiger partial charge is 0.497 e. The highest BCUT2D eigenvalue weighted by atomic mass is 32.2. The second kappa shape index (κ2) is 9.95. The highest BCUT2D eigenvalue weighted by Crippen LogP contribution is 2.41. The Kier molecular flexibility index (Phi) is 6.86. The Morgan fingerprint density at radius 3 is 2.63 bits per heavy atom. The number of aromatic nitrogens is 2. The number of rotatable bonds is 10. The number of anilines is 1. The SMILES string of the molecule is COc1ccc(C(NC(=O)CSc2nnc(NCc3ccccc3)s2)C2CC2)cc1. The van der Waals surface area contributed by atoms with E-state index >= 15 is 0 Å². The van der Waals surface area contributed by atoms with Crippen LogP contribution in [0, 0.1) is 5.92 Å². The van der Waals surface area contributed by atoms with Crippen LogP contribution in [-0.4, -0.2) is 29.0 Å². The Morgan fingerprint density at radius 1 is 1.17 bits per heavy atom. The lowest BCUT2D eigenvalue weighted by Gasteiger charge is -2.19. The number of nitrogens with one attached hydrogen (secondary N) is 2. The highest BCUT2D eigenvalue weighted by Gasteiger charge is 2.33. The molecule has 3 aromatic rings. The van der Waals surface area contributed by atoms with Crippen molar-refractivity contribution < 1.29 is 9.53 Å². The number of amides is 1. The summed E-state index contributed by atoms with van der Waals surface area (Å²) in [5, 5.41) is 15.6. The number of methoxy groups -OCH3 is 1. The Morgan fingerprint density at radius 2 is 1.93 bits per heavy atom. The molecule has 0 radical (unpaired) electrons. The molecule has 0 bridgehead atoms. The Bertz CT molecular complexity index is 959. The van der Waals surface area contributed by atoms with E-state index in [1.165, 1.54) is 28.7 Å². The van der Waals surface area contributed by atoms with E-state index in [9.17, 15) is 4.79 Å². The third-order valence-corrected chi connectivity index (χ3v) is 6.92. The van der Waals surface area contributed by atoms with E-state index < -0.39 is 0 Å². The highest BCUT2D eigenvalue weighted by molar-refractivity contribution is 8.01. The van der Waals surface area contributed by atoms with E-state index in [0.717, 1.165) is 33.6 Å². The van der Waals surface area contributed by atoms with Crippen LogP contribution in [-0.2, 0) is 11.3 Å². The summed E-state index contributed by atoms with van der Waals surface area (Å²) in [5.41, 5.74) is 2.31. The van der Waals surface area contributed by atoms with Crippen LogP contribution in [0.4, 0.5) is 5.13 Å². The predicted molar refractivity (Wildman–Crippen MR) is 121 cm³/mol. The normalized spacial score (nSPS) is 14.2. The third-order valence-electron chi connectivity index (χ3n) is 4.90. The summed E-state index contributed by atoms with van der Waals surface area (Å²) in [6.07, 6.45) is 2.30. The molecule has 2 N–H and O–H groups in total. The van der Waals surface area contributed by atoms with Gasteiger partial charge in [-0.2, -0.15) is 0 Å². The van der Waals surface area contributed by atoms with Gasteiger partial charge < -0.3 is 15.4 Å². The molecule has 156 valence electrons. The monoisotopic (exact) mass is 440 g/mol. The number of nitrogens with zero attached hydrogens (tertiary/aromatic N) is 2. The summed E-state index contributed by atoms with van der Waals surface area (Å²) < 4.78 is 6.02. The predicted octanol–water partition coefficient (Wildman–Crippen LogP) is 4.52. The minimum Gasteiger partial charge on any atom is -0.497 e. The first-order valence-electron chi connectivity index (χ1n) is 9.88. The van der Waals surface area contributed by atoms with Crippen LogP contribution >= 0.6 is 23.1 Å². The lowest BCUT2D eigenvalue weighted by atomic mass is 10.0. The van der Waals surface area contributed by atoms with Crippen LogP contribution in [0.1, 0.15) is 30.0 Å². The van der Waals surface area contributed by atoms with Gasteiger partial charge in [-0.1, -0.05) is 65.6 Å². The van der Waals surface area contributed by atoms with Gasteiger partial charge in [-0.25, -0.2) is 0 Å². The van der Waals surface area contributed by atoms with Gasteiger partial charge in [-0.3, -0.25) is 4.79 Å². The zero-order valence-electron chi connectivity index (χ0n) is 16.7. The van der Waals surface area contributed by atoms with Gasteiger partial charge in [0.25, 0.3) is 0 Å². The minimum atomic E-state index is 0.0155. The minimum absolute atomic E-state index is 0.0155. The van der Waals surface area contributed by atoms with Crippen LogP contribution in [0.2, 0.25) is 0 Å². The maximum absolute atomic E-state index is 12.6. The second-order valence-corrected chi connectivity index (χ2v) is 9.36. The van der Waals surface area contributed by atoms with Gasteiger partial charge in [-0.15, -0.1) is 10.2 Å². The number of carbonyl (C=O) groups excluding carboxylic acids is 1. The number of ether oxygens (including phenoxy) is 1. The van der Waals surface area contributed by atoms with Crippen molar-refractivity contribution >= 4 is 34.1 Å². The first kappa shape index (κ1) is 20.7. The Hall–Kier alpha value is -2.58. The molecule has 4 rings (SSSR count). The molecule has 1 amide bonds. The van der Waals surface area contributed by atoms with Crippen molar-refractivity contribution in [2.75, 3.05) is 18.2 Å². The van der Waals surface area contributed by atoms with Gasteiger partial charge in [-0.05, 0) is 42.0 Å². The summed E-state index contributed by atoms with van der Waals surface area (Å²) in [5.74, 6) is 1.68. The Balaban J connectivity index is 1.27. The molecule has 1 aliphatic rings. The van der Waals surface area contributed by atoms with E-state index in [1.807, 2.05) is 42.5 Å². The number of hydrogen-bond acceptors (Lipinski definition) is 7. The fourth-order valence-electron chi connectivity index (χ4n) is 3.17.